The summed E-state index contributed by atoms with van der Waals surface area (Å²) in [6, 6.07) is 19.9. The molecule has 1 amide bonds. The molecule has 0 atom stereocenters. The third kappa shape index (κ3) is 4.90. The van der Waals surface area contributed by atoms with Crippen molar-refractivity contribution in [3.05, 3.63) is 90.3 Å². The Balaban J connectivity index is 1.11. The molecule has 3 aromatic heterocycles. The quantitative estimate of drug-likeness (QED) is 0.317. The number of benzene rings is 2. The second-order valence-electron chi connectivity index (χ2n) is 9.01. The first kappa shape index (κ1) is 23.9. The van der Waals surface area contributed by atoms with E-state index < -0.39 is 0 Å². The van der Waals surface area contributed by atoms with Gasteiger partial charge in [-0.2, -0.15) is 5.10 Å². The van der Waals surface area contributed by atoms with Gasteiger partial charge < -0.3 is 10.2 Å². The molecule has 0 saturated carbocycles. The molecule has 5 aromatic rings. The molecule has 38 heavy (non-hydrogen) atoms. The minimum Gasteiger partial charge on any atom is -0.355 e. The van der Waals surface area contributed by atoms with Crippen LogP contribution in [0.4, 0.5) is 15.9 Å². The van der Waals surface area contributed by atoms with E-state index in [1.165, 1.54) is 17.4 Å². The van der Waals surface area contributed by atoms with E-state index in [1.807, 2.05) is 54.0 Å². The van der Waals surface area contributed by atoms with E-state index in [-0.39, 0.29) is 17.6 Å². The highest BCUT2D eigenvalue weighted by molar-refractivity contribution is 7.13. The van der Waals surface area contributed by atoms with Gasteiger partial charge in [-0.1, -0.05) is 30.3 Å². The molecule has 0 spiro atoms. The number of hydrogen-bond acceptors (Lipinski definition) is 7. The van der Waals surface area contributed by atoms with Crippen LogP contribution in [-0.4, -0.2) is 44.0 Å². The van der Waals surface area contributed by atoms with Crippen LogP contribution in [0, 0.1) is 11.7 Å². The Morgan fingerprint density at radius 2 is 1.66 bits per heavy atom. The highest BCUT2D eigenvalue weighted by atomic mass is 32.1. The van der Waals surface area contributed by atoms with Crippen molar-refractivity contribution in [3.8, 4) is 27.6 Å². The Bertz CT molecular complexity index is 1540. The minimum absolute atomic E-state index is 0.0122. The molecule has 8 nitrogen and oxygen atoms in total. The Morgan fingerprint density at radius 3 is 2.39 bits per heavy atom. The first-order chi connectivity index (χ1) is 18.7. The number of piperidine rings is 1. The summed E-state index contributed by atoms with van der Waals surface area (Å²) in [4.78, 5) is 20.0. The number of anilines is 2. The van der Waals surface area contributed by atoms with Crippen molar-refractivity contribution in [2.24, 2.45) is 5.92 Å². The van der Waals surface area contributed by atoms with Crippen molar-refractivity contribution in [3.63, 3.8) is 0 Å². The molecule has 1 saturated heterocycles. The summed E-state index contributed by atoms with van der Waals surface area (Å²) in [6.07, 6.45) is 4.95. The molecule has 4 heterocycles. The molecule has 0 bridgehead atoms. The SMILES string of the molecule is O=C(Nc1ccccc1-c1csc(-c2ccccc2F)n1)C1CCN(c2ccc(-n3cccn3)nn2)CC1. The van der Waals surface area contributed by atoms with Gasteiger partial charge >= 0.3 is 0 Å². The monoisotopic (exact) mass is 525 g/mol. The Kier molecular flexibility index (Phi) is 6.62. The highest BCUT2D eigenvalue weighted by Gasteiger charge is 2.26. The Morgan fingerprint density at radius 1 is 0.921 bits per heavy atom. The standard InChI is InChI=1S/C28H24FN7OS/c29-22-8-3-1-6-20(22)28-32-24(18-38-28)21-7-2-4-9-23(21)31-27(37)19-12-16-35(17-13-19)25-10-11-26(34-33-25)36-15-5-14-30-36/h1-11,14-15,18-19H,12-13,16-17H2,(H,31,37). The van der Waals surface area contributed by atoms with Crippen LogP contribution in [-0.2, 0) is 4.79 Å². The fraction of sp³-hybridized carbons (Fsp3) is 0.179. The maximum absolute atomic E-state index is 14.3. The second kappa shape index (κ2) is 10.5. The maximum atomic E-state index is 14.3. The first-order valence-corrected chi connectivity index (χ1v) is 13.2. The van der Waals surface area contributed by atoms with Crippen LogP contribution < -0.4 is 10.2 Å². The van der Waals surface area contributed by atoms with E-state index in [1.54, 1.807) is 29.1 Å². The molecule has 1 aliphatic heterocycles. The van der Waals surface area contributed by atoms with E-state index in [0.717, 1.165) is 11.4 Å². The number of nitrogens with zero attached hydrogens (tertiary/aromatic N) is 6. The largest absolute Gasteiger partial charge is 0.355 e. The summed E-state index contributed by atoms with van der Waals surface area (Å²) in [5.74, 6) is 1.02. The van der Waals surface area contributed by atoms with Crippen molar-refractivity contribution in [2.45, 2.75) is 12.8 Å². The number of aromatic nitrogens is 5. The Labute approximate surface area is 222 Å². The lowest BCUT2D eigenvalue weighted by Crippen LogP contribution is -2.38. The van der Waals surface area contributed by atoms with E-state index in [4.69, 9.17) is 0 Å². The second-order valence-corrected chi connectivity index (χ2v) is 9.87. The van der Waals surface area contributed by atoms with Crippen molar-refractivity contribution in [1.29, 1.82) is 0 Å². The molecule has 6 rings (SSSR count). The van der Waals surface area contributed by atoms with Crippen LogP contribution in [0.2, 0.25) is 0 Å². The molecule has 0 radical (unpaired) electrons. The van der Waals surface area contributed by atoms with E-state index in [0.29, 0.717) is 53.7 Å². The predicted molar refractivity (Wildman–Crippen MR) is 146 cm³/mol. The number of halogens is 1. The molecular weight excluding hydrogens is 501 g/mol. The summed E-state index contributed by atoms with van der Waals surface area (Å²) >= 11 is 1.38. The van der Waals surface area contributed by atoms with E-state index >= 15 is 0 Å². The van der Waals surface area contributed by atoms with E-state index in [2.05, 4.69) is 30.5 Å². The zero-order chi connectivity index (χ0) is 25.9. The van der Waals surface area contributed by atoms with Gasteiger partial charge in [-0.25, -0.2) is 14.1 Å². The minimum atomic E-state index is -0.304. The van der Waals surface area contributed by atoms with Crippen molar-refractivity contribution in [2.75, 3.05) is 23.3 Å². The van der Waals surface area contributed by atoms with Crippen LogP contribution in [0.5, 0.6) is 0 Å². The van der Waals surface area contributed by atoms with Gasteiger partial charge in [-0.05, 0) is 49.2 Å². The topological polar surface area (TPSA) is 88.8 Å². The van der Waals surface area contributed by atoms with Crippen LogP contribution in [0.25, 0.3) is 27.6 Å². The summed E-state index contributed by atoms with van der Waals surface area (Å²) < 4.78 is 15.9. The number of rotatable bonds is 6. The van der Waals surface area contributed by atoms with Gasteiger partial charge in [-0.15, -0.1) is 21.5 Å². The molecule has 1 fully saturated rings. The summed E-state index contributed by atoms with van der Waals surface area (Å²) in [5, 5.41) is 18.4. The maximum Gasteiger partial charge on any atom is 0.227 e. The van der Waals surface area contributed by atoms with Crippen molar-refractivity contribution < 1.29 is 9.18 Å². The zero-order valence-corrected chi connectivity index (χ0v) is 21.2. The van der Waals surface area contributed by atoms with Crippen molar-refractivity contribution >= 4 is 28.7 Å². The van der Waals surface area contributed by atoms with Crippen LogP contribution in [0.1, 0.15) is 12.8 Å². The number of carbonyl (C=O) groups is 1. The Hall–Kier alpha value is -4.44. The lowest BCUT2D eigenvalue weighted by Gasteiger charge is -2.32. The molecular formula is C28H24FN7OS. The van der Waals surface area contributed by atoms with Gasteiger partial charge in [0.2, 0.25) is 5.91 Å². The van der Waals surface area contributed by atoms with Crippen LogP contribution >= 0.6 is 11.3 Å². The third-order valence-corrected chi connectivity index (χ3v) is 7.51. The van der Waals surface area contributed by atoms with Gasteiger partial charge in [0.1, 0.15) is 10.8 Å². The number of nitrogens with one attached hydrogen (secondary N) is 1. The van der Waals surface area contributed by atoms with Gasteiger partial charge in [0.25, 0.3) is 0 Å². The number of carbonyl (C=O) groups excluding carboxylic acids is 1. The first-order valence-electron chi connectivity index (χ1n) is 12.3. The fourth-order valence-electron chi connectivity index (χ4n) is 4.59. The van der Waals surface area contributed by atoms with Gasteiger partial charge in [0, 0.05) is 47.9 Å². The van der Waals surface area contributed by atoms with Gasteiger partial charge in [0.05, 0.1) is 11.4 Å². The predicted octanol–water partition coefficient (Wildman–Crippen LogP) is 5.45. The lowest BCUT2D eigenvalue weighted by atomic mass is 9.95. The summed E-state index contributed by atoms with van der Waals surface area (Å²) in [7, 11) is 0. The van der Waals surface area contributed by atoms with Gasteiger partial charge in [0.15, 0.2) is 11.6 Å². The molecule has 1 N–H and O–H groups in total. The summed E-state index contributed by atoms with van der Waals surface area (Å²) in [5.41, 5.74) is 2.68. The normalized spacial score (nSPS) is 14.0. The lowest BCUT2D eigenvalue weighted by molar-refractivity contribution is -0.120. The third-order valence-electron chi connectivity index (χ3n) is 6.63. The molecule has 0 unspecified atom stereocenters. The summed E-state index contributed by atoms with van der Waals surface area (Å²) in [6.45, 7) is 1.43. The molecule has 1 aliphatic rings. The average molecular weight is 526 g/mol. The number of amides is 1. The van der Waals surface area contributed by atoms with Crippen LogP contribution in [0.3, 0.4) is 0 Å². The smallest absolute Gasteiger partial charge is 0.227 e. The number of thiazole rings is 1. The van der Waals surface area contributed by atoms with E-state index in [9.17, 15) is 9.18 Å². The fourth-order valence-corrected chi connectivity index (χ4v) is 5.44. The molecule has 10 heteroatoms. The molecule has 2 aromatic carbocycles. The molecule has 190 valence electrons. The average Bonchev–Trinajstić information content (AvgIpc) is 3.67. The van der Waals surface area contributed by atoms with Crippen molar-refractivity contribution in [1.82, 2.24) is 25.0 Å². The highest BCUT2D eigenvalue weighted by Crippen LogP contribution is 2.34. The number of hydrogen-bond donors (Lipinski definition) is 1. The van der Waals surface area contributed by atoms with Crippen LogP contribution in [0.15, 0.2) is 84.5 Å². The molecule has 0 aliphatic carbocycles. The van der Waals surface area contributed by atoms with Gasteiger partial charge in [-0.3, -0.25) is 4.79 Å². The zero-order valence-electron chi connectivity index (χ0n) is 20.4. The number of para-hydroxylation sites is 1.